The molecular formula is C25H32ClN6O8P. The molecule has 5 rings (SSSR count). The highest BCUT2D eigenvalue weighted by atomic mass is 35.5. The molecule has 222 valence electrons. The lowest BCUT2D eigenvalue weighted by Gasteiger charge is -2.23. The van der Waals surface area contributed by atoms with Gasteiger partial charge in [0.15, 0.2) is 23.2 Å². The molecule has 1 aliphatic heterocycles. The summed E-state index contributed by atoms with van der Waals surface area (Å²) >= 11 is 6.21. The number of nitrogens with one attached hydrogen (secondary N) is 2. The van der Waals surface area contributed by atoms with Crippen LogP contribution >= 0.6 is 19.1 Å². The number of aromatic nitrogens is 4. The third kappa shape index (κ3) is 6.81. The molecule has 41 heavy (non-hydrogen) atoms. The molecule has 0 bridgehead atoms. The van der Waals surface area contributed by atoms with Crippen LogP contribution in [0.15, 0.2) is 36.7 Å². The molecular weight excluding hydrogens is 579 g/mol. The normalized spacial score (nSPS) is 25.3. The monoisotopic (exact) mass is 610 g/mol. The minimum Gasteiger partial charge on any atom is -0.480 e. The zero-order chi connectivity index (χ0) is 29.1. The molecule has 3 heterocycles. The largest absolute Gasteiger partial charge is 0.480 e. The van der Waals surface area contributed by atoms with Crippen molar-refractivity contribution in [2.45, 2.75) is 69.2 Å². The zero-order valence-electron chi connectivity index (χ0n) is 22.2. The molecule has 2 aromatic heterocycles. The van der Waals surface area contributed by atoms with Crippen molar-refractivity contribution in [3.8, 4) is 5.75 Å². The fraction of sp³-hybridized carbons (Fsp3) is 0.520. The number of aliphatic hydroxyl groups excluding tert-OH is 2. The van der Waals surface area contributed by atoms with E-state index in [9.17, 15) is 24.7 Å². The van der Waals surface area contributed by atoms with Crippen LogP contribution in [0, 0.1) is 0 Å². The van der Waals surface area contributed by atoms with E-state index in [1.165, 1.54) is 17.8 Å². The van der Waals surface area contributed by atoms with Crippen molar-refractivity contribution >= 4 is 42.1 Å². The number of fused-ring (bicyclic) bond motifs is 1. The SMILES string of the molecule is C[C@@H](NP(=O)(COC[C@H]1O[C@@H](n2cnc3c(NC4CCCC4)nc(Cl)nc32)[C@H](O)[C@@H]1O)Oc1ccccc1)C(=O)O. The number of benzene rings is 1. The quantitative estimate of drug-likeness (QED) is 0.149. The molecule has 1 unspecified atom stereocenters. The van der Waals surface area contributed by atoms with Crippen molar-refractivity contribution in [3.05, 3.63) is 41.9 Å². The molecule has 1 saturated heterocycles. The third-order valence-corrected chi connectivity index (χ3v) is 8.98. The van der Waals surface area contributed by atoms with Gasteiger partial charge in [-0.25, -0.2) is 10.1 Å². The van der Waals surface area contributed by atoms with Crippen LogP contribution in [-0.4, -0.2) is 84.2 Å². The molecule has 3 aromatic rings. The standard InChI is InChI=1S/C25H32ClN6O8P/c1-14(24(35)36)31-41(37,40-16-9-3-2-4-10-16)13-38-11-17-19(33)20(34)23(39-17)32-12-27-18-21(28-15-7-5-6-8-15)29-25(26)30-22(18)32/h2-4,9-10,12,14-15,17,19-20,23,33-34H,5-8,11,13H2,1H3,(H,31,37)(H,35,36)(H,28,29,30)/t14-,17-,19-,20-,23-,41?/m1/s1. The molecule has 5 N–H and O–H groups in total. The lowest BCUT2D eigenvalue weighted by molar-refractivity contribution is -0.138. The van der Waals surface area contributed by atoms with Gasteiger partial charge in [-0.15, -0.1) is 0 Å². The molecule has 2 fully saturated rings. The van der Waals surface area contributed by atoms with Gasteiger partial charge in [0.25, 0.3) is 0 Å². The van der Waals surface area contributed by atoms with Crippen LogP contribution in [-0.2, 0) is 18.8 Å². The van der Waals surface area contributed by atoms with E-state index < -0.39 is 50.4 Å². The highest BCUT2D eigenvalue weighted by Crippen LogP contribution is 2.44. The third-order valence-electron chi connectivity index (χ3n) is 7.00. The molecule has 0 amide bonds. The zero-order valence-corrected chi connectivity index (χ0v) is 23.8. The summed E-state index contributed by atoms with van der Waals surface area (Å²) in [4.78, 5) is 24.4. The van der Waals surface area contributed by atoms with Gasteiger partial charge in [0.1, 0.15) is 36.5 Å². The minimum atomic E-state index is -3.87. The number of hydrogen-bond acceptors (Lipinski definition) is 11. The van der Waals surface area contributed by atoms with E-state index in [0.29, 0.717) is 17.0 Å². The highest BCUT2D eigenvalue weighted by Gasteiger charge is 2.45. The maximum absolute atomic E-state index is 13.5. The first-order valence-corrected chi connectivity index (χ1v) is 15.4. The maximum atomic E-state index is 13.5. The Bertz CT molecular complexity index is 1410. The molecule has 1 saturated carbocycles. The number of imidazole rings is 1. The highest BCUT2D eigenvalue weighted by molar-refractivity contribution is 7.57. The Labute approximate surface area is 240 Å². The van der Waals surface area contributed by atoms with Gasteiger partial charge in [-0.2, -0.15) is 9.97 Å². The van der Waals surface area contributed by atoms with Crippen molar-refractivity contribution in [3.63, 3.8) is 0 Å². The first-order valence-electron chi connectivity index (χ1n) is 13.2. The van der Waals surface area contributed by atoms with E-state index in [-0.39, 0.29) is 23.7 Å². The Kier molecular flexibility index (Phi) is 9.09. The van der Waals surface area contributed by atoms with E-state index >= 15 is 0 Å². The van der Waals surface area contributed by atoms with Crippen molar-refractivity contribution in [1.29, 1.82) is 0 Å². The predicted molar refractivity (Wildman–Crippen MR) is 148 cm³/mol. The fourth-order valence-electron chi connectivity index (χ4n) is 4.92. The summed E-state index contributed by atoms with van der Waals surface area (Å²) in [5, 5.41) is 36.7. The van der Waals surface area contributed by atoms with Crippen LogP contribution < -0.4 is 14.9 Å². The topological polar surface area (TPSA) is 190 Å². The summed E-state index contributed by atoms with van der Waals surface area (Å²) < 4.78 is 32.1. The van der Waals surface area contributed by atoms with Crippen molar-refractivity contribution < 1.29 is 38.7 Å². The summed E-state index contributed by atoms with van der Waals surface area (Å²) in [5.74, 6) is -0.483. The van der Waals surface area contributed by atoms with Crippen LogP contribution in [0.1, 0.15) is 38.8 Å². The van der Waals surface area contributed by atoms with Gasteiger partial charge >= 0.3 is 13.5 Å². The number of carboxylic acid groups (broad SMARTS) is 1. The van der Waals surface area contributed by atoms with Crippen molar-refractivity contribution in [2.75, 3.05) is 18.3 Å². The average Bonchev–Trinajstić information content (AvgIpc) is 3.66. The minimum absolute atomic E-state index is 0.00933. The van der Waals surface area contributed by atoms with Crippen LogP contribution in [0.4, 0.5) is 5.82 Å². The number of halogens is 1. The predicted octanol–water partition coefficient (Wildman–Crippen LogP) is 2.76. The van der Waals surface area contributed by atoms with Crippen LogP contribution in [0.3, 0.4) is 0 Å². The summed E-state index contributed by atoms with van der Waals surface area (Å²) in [5.41, 5.74) is 0.764. The van der Waals surface area contributed by atoms with Gasteiger partial charge in [0.05, 0.1) is 12.9 Å². The van der Waals surface area contributed by atoms with Crippen molar-refractivity contribution in [1.82, 2.24) is 24.6 Å². The second-order valence-electron chi connectivity index (χ2n) is 10.1. The molecule has 1 aliphatic carbocycles. The summed E-state index contributed by atoms with van der Waals surface area (Å²) in [6.07, 6.45) is 0.323. The Hall–Kier alpha value is -2.84. The van der Waals surface area contributed by atoms with Crippen LogP contribution in [0.2, 0.25) is 5.28 Å². The number of carboxylic acids is 1. The molecule has 16 heteroatoms. The summed E-state index contributed by atoms with van der Waals surface area (Å²) in [7, 11) is -3.87. The van der Waals surface area contributed by atoms with Crippen LogP contribution in [0.25, 0.3) is 11.2 Å². The first kappa shape index (κ1) is 29.6. The summed E-state index contributed by atoms with van der Waals surface area (Å²) in [6.45, 7) is 1.05. The number of para-hydroxylation sites is 1. The van der Waals surface area contributed by atoms with Gasteiger partial charge in [-0.3, -0.25) is 13.9 Å². The molecule has 14 nitrogen and oxygen atoms in total. The average molecular weight is 611 g/mol. The fourth-order valence-corrected chi connectivity index (χ4v) is 6.77. The van der Waals surface area contributed by atoms with E-state index in [2.05, 4.69) is 25.4 Å². The van der Waals surface area contributed by atoms with Crippen LogP contribution in [0.5, 0.6) is 5.75 Å². The number of aliphatic carboxylic acids is 1. The van der Waals surface area contributed by atoms with Gasteiger partial charge in [0, 0.05) is 6.04 Å². The lowest BCUT2D eigenvalue weighted by Crippen LogP contribution is -2.36. The molecule has 1 aromatic carbocycles. The smallest absolute Gasteiger partial charge is 0.342 e. The van der Waals surface area contributed by atoms with E-state index in [4.69, 9.17) is 25.6 Å². The van der Waals surface area contributed by atoms with Gasteiger partial charge in [-0.1, -0.05) is 31.0 Å². The first-order chi connectivity index (χ1) is 19.6. The molecule has 0 radical (unpaired) electrons. The number of ether oxygens (including phenoxy) is 2. The number of carbonyl (C=O) groups is 1. The van der Waals surface area contributed by atoms with Gasteiger partial charge in [-0.05, 0) is 43.5 Å². The number of anilines is 1. The Morgan fingerprint density at radius 2 is 1.95 bits per heavy atom. The second-order valence-corrected chi connectivity index (χ2v) is 12.5. The van der Waals surface area contributed by atoms with E-state index in [1.807, 2.05) is 0 Å². The summed E-state index contributed by atoms with van der Waals surface area (Å²) in [6, 6.07) is 7.31. The maximum Gasteiger partial charge on any atom is 0.342 e. The van der Waals surface area contributed by atoms with E-state index in [1.54, 1.807) is 30.3 Å². The number of hydrogen-bond donors (Lipinski definition) is 5. The van der Waals surface area contributed by atoms with Crippen molar-refractivity contribution in [2.24, 2.45) is 0 Å². The Morgan fingerprint density at radius 1 is 1.22 bits per heavy atom. The van der Waals surface area contributed by atoms with E-state index in [0.717, 1.165) is 25.7 Å². The molecule has 6 atom stereocenters. The molecule has 0 spiro atoms. The Balaban J connectivity index is 1.28. The van der Waals surface area contributed by atoms with Gasteiger partial charge < -0.3 is 34.6 Å². The number of nitrogens with zero attached hydrogens (tertiary/aromatic N) is 4. The number of aliphatic hydroxyl groups is 2. The van der Waals surface area contributed by atoms with Gasteiger partial charge in [0.2, 0.25) is 5.28 Å². The molecule has 2 aliphatic rings. The Morgan fingerprint density at radius 3 is 2.66 bits per heavy atom. The lowest BCUT2D eigenvalue weighted by atomic mass is 10.1. The second kappa shape index (κ2) is 12.6. The number of rotatable bonds is 12.